The van der Waals surface area contributed by atoms with Gasteiger partial charge in [-0.3, -0.25) is 9.59 Å². The maximum atomic E-state index is 13.9. The summed E-state index contributed by atoms with van der Waals surface area (Å²) in [6.45, 7) is 7.73. The quantitative estimate of drug-likeness (QED) is 0.721. The van der Waals surface area contributed by atoms with E-state index >= 15 is 0 Å². The smallest absolute Gasteiger partial charge is 0.365 e. The number of carbonyl (C=O) groups excluding carboxylic acids is 2. The molecule has 0 radical (unpaired) electrons. The zero-order valence-electron chi connectivity index (χ0n) is 17.6. The molecule has 0 aromatic carbocycles. The number of thiazole rings is 1. The molecular weight excluding hydrogens is 431 g/mol. The average molecular weight is 456 g/mol. The lowest BCUT2D eigenvalue weighted by Gasteiger charge is -2.23. The van der Waals surface area contributed by atoms with Crippen LogP contribution in [0.3, 0.4) is 0 Å². The number of primary amides is 1. The fourth-order valence-corrected chi connectivity index (χ4v) is 4.38. The first-order valence-electron chi connectivity index (χ1n) is 9.75. The molecule has 1 fully saturated rings. The summed E-state index contributed by atoms with van der Waals surface area (Å²) in [5, 5.41) is 2.68. The Balaban J connectivity index is 2.17. The monoisotopic (exact) mass is 455 g/mol. The molecule has 2 amide bonds. The van der Waals surface area contributed by atoms with Crippen LogP contribution in [0, 0.1) is 0 Å². The largest absolute Gasteiger partial charge is 0.417 e. The molecule has 1 aliphatic rings. The summed E-state index contributed by atoms with van der Waals surface area (Å²) in [5.41, 5.74) is 3.30. The van der Waals surface area contributed by atoms with E-state index in [2.05, 4.69) is 15.3 Å². The van der Waals surface area contributed by atoms with Gasteiger partial charge in [-0.1, -0.05) is 0 Å². The lowest BCUT2D eigenvalue weighted by molar-refractivity contribution is -0.137. The molecule has 0 saturated carbocycles. The van der Waals surface area contributed by atoms with Crippen LogP contribution in [0.25, 0.3) is 10.4 Å². The molecule has 2 aromatic heterocycles. The van der Waals surface area contributed by atoms with Crippen LogP contribution in [-0.4, -0.2) is 44.8 Å². The van der Waals surface area contributed by atoms with Crippen LogP contribution in [0.1, 0.15) is 66.4 Å². The SMILES string of the molecule is CC1CCCN1C(=O)c1nc(C(N)=O)sc1-c1cnc(NC(C)(C)C)cc1C(F)(F)F. The number of rotatable bonds is 4. The van der Waals surface area contributed by atoms with Gasteiger partial charge in [0, 0.05) is 29.9 Å². The molecule has 31 heavy (non-hydrogen) atoms. The molecule has 0 spiro atoms. The van der Waals surface area contributed by atoms with E-state index in [0.29, 0.717) is 17.9 Å². The van der Waals surface area contributed by atoms with Crippen LogP contribution >= 0.6 is 11.3 Å². The normalized spacial score (nSPS) is 17.1. The van der Waals surface area contributed by atoms with Crippen molar-refractivity contribution in [2.75, 3.05) is 11.9 Å². The molecule has 1 saturated heterocycles. The minimum atomic E-state index is -4.72. The van der Waals surface area contributed by atoms with Crippen molar-refractivity contribution in [1.29, 1.82) is 0 Å². The Morgan fingerprint density at radius 3 is 2.48 bits per heavy atom. The Bertz CT molecular complexity index is 1010. The molecule has 1 unspecified atom stereocenters. The summed E-state index contributed by atoms with van der Waals surface area (Å²) in [5.74, 6) is -1.38. The molecule has 3 rings (SSSR count). The Labute approximate surface area is 181 Å². The molecule has 1 aliphatic heterocycles. The highest BCUT2D eigenvalue weighted by Crippen LogP contribution is 2.42. The highest BCUT2D eigenvalue weighted by atomic mass is 32.1. The highest BCUT2D eigenvalue weighted by molar-refractivity contribution is 7.17. The zero-order chi connectivity index (χ0) is 23.1. The van der Waals surface area contributed by atoms with Crippen LogP contribution in [0.5, 0.6) is 0 Å². The third-order valence-corrected chi connectivity index (χ3v) is 5.91. The van der Waals surface area contributed by atoms with Gasteiger partial charge in [-0.05, 0) is 46.6 Å². The summed E-state index contributed by atoms with van der Waals surface area (Å²) >= 11 is 0.665. The number of likely N-dealkylation sites (tertiary alicyclic amines) is 1. The molecular formula is C20H24F3N5O2S. The van der Waals surface area contributed by atoms with Crippen molar-refractivity contribution in [2.24, 2.45) is 5.73 Å². The van der Waals surface area contributed by atoms with E-state index in [9.17, 15) is 22.8 Å². The first-order valence-corrected chi connectivity index (χ1v) is 10.6. The minimum Gasteiger partial charge on any atom is -0.365 e. The molecule has 2 aromatic rings. The fourth-order valence-electron chi connectivity index (χ4n) is 3.45. The van der Waals surface area contributed by atoms with Gasteiger partial charge >= 0.3 is 6.18 Å². The molecule has 3 N–H and O–H groups in total. The Morgan fingerprint density at radius 1 is 1.29 bits per heavy atom. The number of hydrogen-bond donors (Lipinski definition) is 2. The van der Waals surface area contributed by atoms with Crippen molar-refractivity contribution in [2.45, 2.75) is 58.3 Å². The lowest BCUT2D eigenvalue weighted by atomic mass is 10.1. The van der Waals surface area contributed by atoms with E-state index in [1.54, 1.807) is 25.7 Å². The van der Waals surface area contributed by atoms with Crippen molar-refractivity contribution in [3.63, 3.8) is 0 Å². The van der Waals surface area contributed by atoms with Crippen LogP contribution < -0.4 is 11.1 Å². The van der Waals surface area contributed by atoms with Gasteiger partial charge in [0.1, 0.15) is 11.5 Å². The van der Waals surface area contributed by atoms with Crippen molar-refractivity contribution in [3.8, 4) is 10.4 Å². The van der Waals surface area contributed by atoms with E-state index < -0.39 is 29.1 Å². The molecule has 168 valence electrons. The summed E-state index contributed by atoms with van der Waals surface area (Å²) in [7, 11) is 0. The van der Waals surface area contributed by atoms with Crippen LogP contribution in [0.15, 0.2) is 12.3 Å². The van der Waals surface area contributed by atoms with Gasteiger partial charge in [-0.25, -0.2) is 9.97 Å². The summed E-state index contributed by atoms with van der Waals surface area (Å²) < 4.78 is 41.8. The van der Waals surface area contributed by atoms with E-state index in [4.69, 9.17) is 5.73 Å². The standard InChI is InChI=1S/C20H24F3N5O2S/c1-10-6-5-7-28(10)18(30)14-15(31-17(26-14)16(24)29)11-9-25-13(27-19(2,3)4)8-12(11)20(21,22)23/h8-10H,5-7H2,1-4H3,(H2,24,29)(H,25,27). The van der Waals surface area contributed by atoms with E-state index in [1.165, 1.54) is 0 Å². The van der Waals surface area contributed by atoms with Gasteiger partial charge in [-0.2, -0.15) is 13.2 Å². The van der Waals surface area contributed by atoms with Crippen molar-refractivity contribution in [1.82, 2.24) is 14.9 Å². The van der Waals surface area contributed by atoms with Gasteiger partial charge in [-0.15, -0.1) is 11.3 Å². The average Bonchev–Trinajstić information content (AvgIpc) is 3.25. The highest BCUT2D eigenvalue weighted by Gasteiger charge is 2.38. The number of nitrogens with zero attached hydrogens (tertiary/aromatic N) is 3. The lowest BCUT2D eigenvalue weighted by Crippen LogP contribution is -2.34. The number of amides is 2. The second-order valence-electron chi connectivity index (χ2n) is 8.54. The molecule has 3 heterocycles. The topological polar surface area (TPSA) is 101 Å². The Kier molecular flexibility index (Phi) is 6.01. The number of alkyl halides is 3. The number of anilines is 1. The Morgan fingerprint density at radius 2 is 1.97 bits per heavy atom. The van der Waals surface area contributed by atoms with Crippen molar-refractivity contribution >= 4 is 29.0 Å². The molecule has 1 atom stereocenters. The fraction of sp³-hybridized carbons (Fsp3) is 0.500. The van der Waals surface area contributed by atoms with Gasteiger partial charge in [0.25, 0.3) is 11.8 Å². The second-order valence-corrected chi connectivity index (χ2v) is 9.54. The third kappa shape index (κ3) is 4.97. The maximum Gasteiger partial charge on any atom is 0.417 e. The first-order chi connectivity index (χ1) is 14.3. The Hall–Kier alpha value is -2.69. The number of pyridine rings is 1. The number of aromatic nitrogens is 2. The van der Waals surface area contributed by atoms with E-state index in [1.807, 2.05) is 6.92 Å². The van der Waals surface area contributed by atoms with Crippen LogP contribution in [0.2, 0.25) is 0 Å². The van der Waals surface area contributed by atoms with Gasteiger partial charge in [0.05, 0.1) is 10.4 Å². The third-order valence-electron chi connectivity index (χ3n) is 4.81. The first kappa shape index (κ1) is 23.0. The van der Waals surface area contributed by atoms with E-state index in [-0.39, 0.29) is 33.0 Å². The number of carbonyl (C=O) groups is 2. The zero-order valence-corrected chi connectivity index (χ0v) is 18.4. The van der Waals surface area contributed by atoms with Gasteiger partial charge in [0.15, 0.2) is 5.01 Å². The summed E-state index contributed by atoms with van der Waals surface area (Å²) in [6, 6.07) is 0.828. The van der Waals surface area contributed by atoms with Crippen LogP contribution in [0.4, 0.5) is 19.0 Å². The predicted octanol–water partition coefficient (Wildman–Crippen LogP) is 4.16. The summed E-state index contributed by atoms with van der Waals surface area (Å²) in [6.07, 6.45) is -2.09. The minimum absolute atomic E-state index is 0.0456. The molecule has 11 heteroatoms. The molecule has 7 nitrogen and oxygen atoms in total. The van der Waals surface area contributed by atoms with E-state index in [0.717, 1.165) is 25.1 Å². The number of nitrogens with two attached hydrogens (primary N) is 1. The number of halogens is 3. The molecule has 0 bridgehead atoms. The van der Waals surface area contributed by atoms with Gasteiger partial charge in [0.2, 0.25) is 0 Å². The van der Waals surface area contributed by atoms with Gasteiger partial charge < -0.3 is 16.0 Å². The maximum absolute atomic E-state index is 13.9. The van der Waals surface area contributed by atoms with Crippen molar-refractivity contribution < 1.29 is 22.8 Å². The predicted molar refractivity (Wildman–Crippen MR) is 112 cm³/mol. The number of hydrogen-bond acceptors (Lipinski definition) is 6. The van der Waals surface area contributed by atoms with Crippen LogP contribution in [-0.2, 0) is 6.18 Å². The second kappa shape index (κ2) is 8.10. The molecule has 0 aliphatic carbocycles. The summed E-state index contributed by atoms with van der Waals surface area (Å²) in [4.78, 5) is 34.4. The number of nitrogens with one attached hydrogen (secondary N) is 1. The van der Waals surface area contributed by atoms with Crippen molar-refractivity contribution in [3.05, 3.63) is 28.5 Å².